The molecule has 1 aromatic rings. The molecule has 1 fully saturated rings. The second-order valence-corrected chi connectivity index (χ2v) is 4.92. The first-order valence-electron chi connectivity index (χ1n) is 6.68. The maximum atomic E-state index is 9.27. The molecule has 1 aliphatic carbocycles. The first-order valence-corrected chi connectivity index (χ1v) is 6.68. The summed E-state index contributed by atoms with van der Waals surface area (Å²) in [5.74, 6) is 2.41. The van der Waals surface area contributed by atoms with Crippen LogP contribution in [0, 0.1) is 5.92 Å². The van der Waals surface area contributed by atoms with Crippen molar-refractivity contribution >= 4 is 11.6 Å². The van der Waals surface area contributed by atoms with Crippen LogP contribution in [0.5, 0.6) is 0 Å². The zero-order valence-corrected chi connectivity index (χ0v) is 11.1. The van der Waals surface area contributed by atoms with E-state index in [1.807, 2.05) is 7.05 Å². The summed E-state index contributed by atoms with van der Waals surface area (Å²) in [6, 6.07) is 0. The lowest BCUT2D eigenvalue weighted by Crippen LogP contribution is -2.33. The summed E-state index contributed by atoms with van der Waals surface area (Å²) in [5, 5.41) is 15.8. The van der Waals surface area contributed by atoms with Gasteiger partial charge in [-0.15, -0.1) is 0 Å². The van der Waals surface area contributed by atoms with E-state index in [1.165, 1.54) is 0 Å². The fourth-order valence-electron chi connectivity index (χ4n) is 2.38. The zero-order valence-electron chi connectivity index (χ0n) is 11.1. The number of nitrogens with one attached hydrogen (secondary N) is 2. The van der Waals surface area contributed by atoms with Crippen LogP contribution in [0.2, 0.25) is 0 Å². The van der Waals surface area contributed by atoms with Crippen molar-refractivity contribution in [2.45, 2.75) is 38.7 Å². The molecule has 1 heterocycles. The molecule has 18 heavy (non-hydrogen) atoms. The summed E-state index contributed by atoms with van der Waals surface area (Å²) in [6.07, 6.45) is 5.33. The van der Waals surface area contributed by atoms with Crippen molar-refractivity contribution < 1.29 is 5.11 Å². The van der Waals surface area contributed by atoms with E-state index in [9.17, 15) is 5.11 Å². The predicted molar refractivity (Wildman–Crippen MR) is 72.8 cm³/mol. The summed E-state index contributed by atoms with van der Waals surface area (Å²) >= 11 is 0. The minimum absolute atomic E-state index is 0.0924. The summed E-state index contributed by atoms with van der Waals surface area (Å²) in [4.78, 5) is 8.58. The molecule has 1 saturated carbocycles. The van der Waals surface area contributed by atoms with Gasteiger partial charge in [0.05, 0.1) is 6.10 Å². The Morgan fingerprint density at radius 1 is 1.33 bits per heavy atom. The Kier molecular flexibility index (Phi) is 4.36. The van der Waals surface area contributed by atoms with E-state index in [0.717, 1.165) is 49.4 Å². The van der Waals surface area contributed by atoms with E-state index in [0.29, 0.717) is 5.92 Å². The van der Waals surface area contributed by atoms with Gasteiger partial charge < -0.3 is 15.7 Å². The third-order valence-corrected chi connectivity index (χ3v) is 3.45. The summed E-state index contributed by atoms with van der Waals surface area (Å²) in [7, 11) is 1.88. The minimum Gasteiger partial charge on any atom is -0.393 e. The lowest BCUT2D eigenvalue weighted by molar-refractivity contribution is 0.0486. The van der Waals surface area contributed by atoms with Gasteiger partial charge in [-0.05, 0) is 25.2 Å². The molecular weight excluding hydrogens is 228 g/mol. The van der Waals surface area contributed by atoms with Crippen LogP contribution < -0.4 is 10.6 Å². The molecular formula is C13H22N4O. The van der Waals surface area contributed by atoms with Gasteiger partial charge in [0.1, 0.15) is 18.0 Å². The number of anilines is 2. The van der Waals surface area contributed by atoms with Crippen LogP contribution in [0.4, 0.5) is 11.6 Å². The van der Waals surface area contributed by atoms with Crippen molar-refractivity contribution in [3.8, 4) is 0 Å². The highest BCUT2D eigenvalue weighted by Crippen LogP contribution is 2.28. The molecule has 5 heteroatoms. The highest BCUT2D eigenvalue weighted by molar-refractivity contribution is 5.57. The summed E-state index contributed by atoms with van der Waals surface area (Å²) in [6.45, 7) is 3.03. The molecule has 0 unspecified atom stereocenters. The highest BCUT2D eigenvalue weighted by Gasteiger charge is 2.27. The monoisotopic (exact) mass is 250 g/mol. The molecule has 5 nitrogen and oxygen atoms in total. The van der Waals surface area contributed by atoms with E-state index in [4.69, 9.17) is 0 Å². The average molecular weight is 250 g/mol. The van der Waals surface area contributed by atoms with Gasteiger partial charge in [-0.3, -0.25) is 0 Å². The van der Waals surface area contributed by atoms with Gasteiger partial charge >= 0.3 is 0 Å². The van der Waals surface area contributed by atoms with Gasteiger partial charge in [0, 0.05) is 19.2 Å². The Morgan fingerprint density at radius 2 is 2.06 bits per heavy atom. The topological polar surface area (TPSA) is 70.1 Å². The van der Waals surface area contributed by atoms with Crippen LogP contribution >= 0.6 is 0 Å². The van der Waals surface area contributed by atoms with Crippen molar-refractivity contribution in [3.63, 3.8) is 0 Å². The molecule has 0 aliphatic heterocycles. The number of nitrogens with zero attached hydrogens (tertiary/aromatic N) is 2. The van der Waals surface area contributed by atoms with Crippen molar-refractivity contribution in [3.05, 3.63) is 11.9 Å². The molecule has 0 bridgehead atoms. The summed E-state index contributed by atoms with van der Waals surface area (Å²) < 4.78 is 0. The fourth-order valence-corrected chi connectivity index (χ4v) is 2.38. The first kappa shape index (κ1) is 13.1. The van der Waals surface area contributed by atoms with Crippen LogP contribution in [0.3, 0.4) is 0 Å². The lowest BCUT2D eigenvalue weighted by Gasteiger charge is -2.31. The SMILES string of the molecule is CCCc1c(NC)ncnc1NCC1CC(O)C1. The van der Waals surface area contributed by atoms with Crippen molar-refractivity contribution in [2.24, 2.45) is 5.92 Å². The maximum absolute atomic E-state index is 9.27. The van der Waals surface area contributed by atoms with Crippen molar-refractivity contribution in [2.75, 3.05) is 24.2 Å². The molecule has 1 aliphatic rings. The van der Waals surface area contributed by atoms with Gasteiger partial charge in [-0.1, -0.05) is 13.3 Å². The van der Waals surface area contributed by atoms with Crippen LogP contribution in [0.15, 0.2) is 6.33 Å². The largest absolute Gasteiger partial charge is 0.393 e. The van der Waals surface area contributed by atoms with E-state index in [-0.39, 0.29) is 6.10 Å². The standard InChI is InChI=1S/C13H22N4O/c1-3-4-11-12(14-2)16-8-17-13(11)15-7-9-5-10(18)6-9/h8-10,18H,3-7H2,1-2H3,(H2,14,15,16,17). The molecule has 100 valence electrons. The molecule has 0 amide bonds. The number of hydrogen-bond donors (Lipinski definition) is 3. The normalized spacial score (nSPS) is 22.4. The Labute approximate surface area is 108 Å². The lowest BCUT2D eigenvalue weighted by atomic mass is 9.82. The third kappa shape index (κ3) is 2.90. The Bertz CT molecular complexity index is 391. The first-order chi connectivity index (χ1) is 8.74. The Morgan fingerprint density at radius 3 is 2.67 bits per heavy atom. The summed E-state index contributed by atoms with van der Waals surface area (Å²) in [5.41, 5.74) is 1.15. The average Bonchev–Trinajstić information content (AvgIpc) is 2.34. The van der Waals surface area contributed by atoms with Gasteiger partial charge in [0.15, 0.2) is 0 Å². The molecule has 0 radical (unpaired) electrons. The Hall–Kier alpha value is -1.36. The number of aromatic nitrogens is 2. The minimum atomic E-state index is -0.0924. The van der Waals surface area contributed by atoms with Crippen LogP contribution in [-0.4, -0.2) is 34.8 Å². The van der Waals surface area contributed by atoms with Gasteiger partial charge in [-0.2, -0.15) is 0 Å². The molecule has 3 N–H and O–H groups in total. The van der Waals surface area contributed by atoms with Gasteiger partial charge in [0.25, 0.3) is 0 Å². The van der Waals surface area contributed by atoms with Crippen LogP contribution in [0.25, 0.3) is 0 Å². The number of hydrogen-bond acceptors (Lipinski definition) is 5. The molecule has 0 spiro atoms. The Balaban J connectivity index is 2.01. The molecule has 2 rings (SSSR count). The van der Waals surface area contributed by atoms with E-state index < -0.39 is 0 Å². The third-order valence-electron chi connectivity index (χ3n) is 3.45. The number of rotatable bonds is 6. The smallest absolute Gasteiger partial charge is 0.134 e. The quantitative estimate of drug-likeness (QED) is 0.716. The number of aliphatic hydroxyl groups excluding tert-OH is 1. The van der Waals surface area contributed by atoms with Crippen molar-refractivity contribution in [1.29, 1.82) is 0 Å². The second kappa shape index (κ2) is 6.00. The highest BCUT2D eigenvalue weighted by atomic mass is 16.3. The second-order valence-electron chi connectivity index (χ2n) is 4.92. The van der Waals surface area contributed by atoms with E-state index in [2.05, 4.69) is 27.5 Å². The molecule has 0 atom stereocenters. The molecule has 0 aromatic carbocycles. The van der Waals surface area contributed by atoms with Gasteiger partial charge in [0.2, 0.25) is 0 Å². The van der Waals surface area contributed by atoms with E-state index in [1.54, 1.807) is 6.33 Å². The zero-order chi connectivity index (χ0) is 13.0. The fraction of sp³-hybridized carbons (Fsp3) is 0.692. The van der Waals surface area contributed by atoms with Crippen LogP contribution in [0.1, 0.15) is 31.7 Å². The van der Waals surface area contributed by atoms with Crippen LogP contribution in [-0.2, 0) is 6.42 Å². The predicted octanol–water partition coefficient (Wildman–Crippen LogP) is 1.65. The number of aliphatic hydroxyl groups is 1. The van der Waals surface area contributed by atoms with Gasteiger partial charge in [-0.25, -0.2) is 9.97 Å². The van der Waals surface area contributed by atoms with Crippen molar-refractivity contribution in [1.82, 2.24) is 9.97 Å². The maximum Gasteiger partial charge on any atom is 0.134 e. The molecule has 1 aromatic heterocycles. The molecule has 0 saturated heterocycles. The van der Waals surface area contributed by atoms with E-state index >= 15 is 0 Å².